The SMILES string of the molecule is CC(C)CN1CCN(S(=O)(=O)c2cc(Cl)cc(Cl)c2)CC1. The highest BCUT2D eigenvalue weighted by molar-refractivity contribution is 7.89. The van der Waals surface area contributed by atoms with Crippen LogP contribution in [0.4, 0.5) is 0 Å². The Morgan fingerprint density at radius 2 is 1.57 bits per heavy atom. The molecule has 0 bridgehead atoms. The van der Waals surface area contributed by atoms with Crippen molar-refractivity contribution in [3.8, 4) is 0 Å². The lowest BCUT2D eigenvalue weighted by Crippen LogP contribution is -2.49. The lowest BCUT2D eigenvalue weighted by atomic mass is 10.2. The van der Waals surface area contributed by atoms with Gasteiger partial charge in [-0.15, -0.1) is 0 Å². The fourth-order valence-corrected chi connectivity index (χ4v) is 4.64. The van der Waals surface area contributed by atoms with Crippen LogP contribution in [0.5, 0.6) is 0 Å². The number of nitrogens with zero attached hydrogens (tertiary/aromatic N) is 2. The summed E-state index contributed by atoms with van der Waals surface area (Å²) in [7, 11) is -3.52. The molecule has 0 aliphatic carbocycles. The van der Waals surface area contributed by atoms with Crippen LogP contribution in [0.3, 0.4) is 0 Å². The summed E-state index contributed by atoms with van der Waals surface area (Å²) in [4.78, 5) is 2.46. The molecule has 118 valence electrons. The van der Waals surface area contributed by atoms with Crippen LogP contribution in [-0.4, -0.2) is 50.3 Å². The molecule has 0 unspecified atom stereocenters. The lowest BCUT2D eigenvalue weighted by molar-refractivity contribution is 0.172. The van der Waals surface area contributed by atoms with Crippen molar-refractivity contribution in [3.05, 3.63) is 28.2 Å². The van der Waals surface area contributed by atoms with E-state index >= 15 is 0 Å². The second-order valence-corrected chi connectivity index (χ2v) is 8.51. The summed E-state index contributed by atoms with van der Waals surface area (Å²) in [5, 5.41) is 0.666. The van der Waals surface area contributed by atoms with Crippen LogP contribution < -0.4 is 0 Å². The first-order chi connectivity index (χ1) is 9.79. The minimum atomic E-state index is -3.52. The molecule has 1 saturated heterocycles. The molecule has 0 amide bonds. The Morgan fingerprint density at radius 1 is 1.05 bits per heavy atom. The Hall–Kier alpha value is -0.330. The second kappa shape index (κ2) is 6.84. The van der Waals surface area contributed by atoms with Gasteiger partial charge in [-0.05, 0) is 24.1 Å². The lowest BCUT2D eigenvalue weighted by Gasteiger charge is -2.34. The van der Waals surface area contributed by atoms with Crippen molar-refractivity contribution in [2.24, 2.45) is 5.92 Å². The maximum atomic E-state index is 12.6. The summed E-state index contributed by atoms with van der Waals surface area (Å²) in [5.74, 6) is 0.583. The summed E-state index contributed by atoms with van der Waals surface area (Å²) < 4.78 is 26.7. The Morgan fingerprint density at radius 3 is 2.05 bits per heavy atom. The van der Waals surface area contributed by atoms with Gasteiger partial charge >= 0.3 is 0 Å². The molecule has 0 saturated carbocycles. The zero-order valence-corrected chi connectivity index (χ0v) is 14.5. The van der Waals surface area contributed by atoms with Crippen LogP contribution >= 0.6 is 23.2 Å². The number of hydrogen-bond donors (Lipinski definition) is 0. The smallest absolute Gasteiger partial charge is 0.243 e. The van der Waals surface area contributed by atoms with E-state index in [9.17, 15) is 8.42 Å². The molecule has 7 heteroatoms. The second-order valence-electron chi connectivity index (χ2n) is 5.70. The van der Waals surface area contributed by atoms with Gasteiger partial charge in [-0.3, -0.25) is 0 Å². The number of benzene rings is 1. The Bertz CT molecular complexity index is 577. The van der Waals surface area contributed by atoms with E-state index in [2.05, 4.69) is 18.7 Å². The van der Waals surface area contributed by atoms with Gasteiger partial charge in [-0.1, -0.05) is 37.0 Å². The molecule has 1 aromatic carbocycles. The maximum absolute atomic E-state index is 12.6. The van der Waals surface area contributed by atoms with Gasteiger partial charge < -0.3 is 4.90 Å². The topological polar surface area (TPSA) is 40.6 Å². The zero-order chi connectivity index (χ0) is 15.6. The maximum Gasteiger partial charge on any atom is 0.243 e. The molecular formula is C14H20Cl2N2O2S. The first-order valence-corrected chi connectivity index (χ1v) is 9.17. The quantitative estimate of drug-likeness (QED) is 0.837. The average molecular weight is 351 g/mol. The Balaban J connectivity index is 2.11. The zero-order valence-electron chi connectivity index (χ0n) is 12.2. The van der Waals surface area contributed by atoms with E-state index < -0.39 is 10.0 Å². The molecule has 1 aliphatic rings. The van der Waals surface area contributed by atoms with Gasteiger partial charge in [0.15, 0.2) is 0 Å². The summed E-state index contributed by atoms with van der Waals surface area (Å²) in [6, 6.07) is 4.43. The fourth-order valence-electron chi connectivity index (χ4n) is 2.50. The van der Waals surface area contributed by atoms with Crippen molar-refractivity contribution in [3.63, 3.8) is 0 Å². The standard InChI is InChI=1S/C14H20Cl2N2O2S/c1-11(2)10-17-3-5-18(6-4-17)21(19,20)14-8-12(15)7-13(16)9-14/h7-9,11H,3-6,10H2,1-2H3. The molecule has 0 spiro atoms. The normalized spacial score (nSPS) is 18.3. The molecule has 1 fully saturated rings. The van der Waals surface area contributed by atoms with Crippen molar-refractivity contribution in [2.45, 2.75) is 18.7 Å². The van der Waals surface area contributed by atoms with Crippen LogP contribution in [0.2, 0.25) is 10.0 Å². The molecule has 21 heavy (non-hydrogen) atoms. The van der Waals surface area contributed by atoms with E-state index in [1.54, 1.807) is 0 Å². The van der Waals surface area contributed by atoms with E-state index in [0.29, 0.717) is 29.1 Å². The molecule has 1 aliphatic heterocycles. The first-order valence-electron chi connectivity index (χ1n) is 6.97. The van der Waals surface area contributed by atoms with E-state index in [1.165, 1.54) is 22.5 Å². The van der Waals surface area contributed by atoms with Crippen LogP contribution in [0.1, 0.15) is 13.8 Å². The highest BCUT2D eigenvalue weighted by Gasteiger charge is 2.29. The third-order valence-electron chi connectivity index (χ3n) is 3.43. The van der Waals surface area contributed by atoms with Crippen LogP contribution in [0, 0.1) is 5.92 Å². The largest absolute Gasteiger partial charge is 0.300 e. The van der Waals surface area contributed by atoms with Gasteiger partial charge in [-0.25, -0.2) is 8.42 Å². The van der Waals surface area contributed by atoms with E-state index in [1.807, 2.05) is 0 Å². The van der Waals surface area contributed by atoms with Gasteiger partial charge in [0.2, 0.25) is 10.0 Å². The van der Waals surface area contributed by atoms with E-state index in [-0.39, 0.29) is 4.90 Å². The van der Waals surface area contributed by atoms with E-state index in [4.69, 9.17) is 23.2 Å². The number of sulfonamides is 1. The monoisotopic (exact) mass is 350 g/mol. The summed E-state index contributed by atoms with van der Waals surface area (Å²) >= 11 is 11.8. The minimum absolute atomic E-state index is 0.164. The van der Waals surface area contributed by atoms with Gasteiger partial charge in [-0.2, -0.15) is 4.31 Å². The Kier molecular flexibility index (Phi) is 5.54. The van der Waals surface area contributed by atoms with Gasteiger partial charge in [0.05, 0.1) is 4.90 Å². The molecule has 1 aromatic rings. The minimum Gasteiger partial charge on any atom is -0.300 e. The third-order valence-corrected chi connectivity index (χ3v) is 5.74. The van der Waals surface area contributed by atoms with Crippen LogP contribution in [-0.2, 0) is 10.0 Å². The first kappa shape index (κ1) is 17.0. The molecule has 0 aromatic heterocycles. The number of halogens is 2. The number of hydrogen-bond acceptors (Lipinski definition) is 3. The van der Waals surface area contributed by atoms with Gasteiger partial charge in [0, 0.05) is 42.8 Å². The molecule has 0 N–H and O–H groups in total. The van der Waals surface area contributed by atoms with Crippen molar-refractivity contribution in [2.75, 3.05) is 32.7 Å². The van der Waals surface area contributed by atoms with Crippen molar-refractivity contribution < 1.29 is 8.42 Å². The summed E-state index contributed by atoms with van der Waals surface area (Å²) in [6.07, 6.45) is 0. The third kappa shape index (κ3) is 4.33. The Labute approximate surface area is 136 Å². The van der Waals surface area contributed by atoms with Crippen LogP contribution in [0.25, 0.3) is 0 Å². The van der Waals surface area contributed by atoms with E-state index in [0.717, 1.165) is 19.6 Å². The predicted molar refractivity (Wildman–Crippen MR) is 86.5 cm³/mol. The molecule has 4 nitrogen and oxygen atoms in total. The van der Waals surface area contributed by atoms with Crippen molar-refractivity contribution in [1.82, 2.24) is 9.21 Å². The number of rotatable bonds is 4. The van der Waals surface area contributed by atoms with Gasteiger partial charge in [0.25, 0.3) is 0 Å². The average Bonchev–Trinajstić information content (AvgIpc) is 2.37. The highest BCUT2D eigenvalue weighted by Crippen LogP contribution is 2.25. The highest BCUT2D eigenvalue weighted by atomic mass is 35.5. The van der Waals surface area contributed by atoms with Crippen molar-refractivity contribution in [1.29, 1.82) is 0 Å². The molecular weight excluding hydrogens is 331 g/mol. The molecule has 0 radical (unpaired) electrons. The summed E-state index contributed by atoms with van der Waals surface area (Å²) in [6.45, 7) is 7.83. The molecule has 1 heterocycles. The van der Waals surface area contributed by atoms with Gasteiger partial charge in [0.1, 0.15) is 0 Å². The van der Waals surface area contributed by atoms with Crippen LogP contribution in [0.15, 0.2) is 23.1 Å². The molecule has 0 atom stereocenters. The number of piperazine rings is 1. The molecule has 2 rings (SSSR count). The van der Waals surface area contributed by atoms with Crippen molar-refractivity contribution >= 4 is 33.2 Å². The fraction of sp³-hybridized carbons (Fsp3) is 0.571. The predicted octanol–water partition coefficient (Wildman–Crippen LogP) is 2.96. The summed E-state index contributed by atoms with van der Waals surface area (Å²) in [5.41, 5.74) is 0.